The van der Waals surface area contributed by atoms with Crippen LogP contribution in [0.2, 0.25) is 0 Å². The van der Waals surface area contributed by atoms with Gasteiger partial charge in [0, 0.05) is 25.7 Å². The number of Topliss-reactive ketones (excluding diaryl/α,β-unsaturated/α-hetero) is 1. The van der Waals surface area contributed by atoms with Crippen molar-refractivity contribution in [3.63, 3.8) is 0 Å². The van der Waals surface area contributed by atoms with Gasteiger partial charge < -0.3 is 19.3 Å². The second-order valence-electron chi connectivity index (χ2n) is 11.4. The van der Waals surface area contributed by atoms with Crippen molar-refractivity contribution in [2.75, 3.05) is 14.2 Å². The highest BCUT2D eigenvalue weighted by Crippen LogP contribution is 2.39. The van der Waals surface area contributed by atoms with Crippen LogP contribution < -0.4 is 14.6 Å². The summed E-state index contributed by atoms with van der Waals surface area (Å²) in [5, 5.41) is 13.6. The molecule has 0 saturated heterocycles. The summed E-state index contributed by atoms with van der Waals surface area (Å²) in [6, 6.07) is 34.1. The Morgan fingerprint density at radius 2 is 1.24 bits per heavy atom. The Hall–Kier alpha value is -5.44. The molecule has 1 aliphatic carbocycles. The van der Waals surface area contributed by atoms with E-state index in [0.29, 0.717) is 45.7 Å². The number of para-hydroxylation sites is 2. The second-order valence-corrected chi connectivity index (χ2v) is 13.3. The number of methoxy groups -OCH3 is 2. The minimum absolute atomic E-state index is 0.0916. The first-order valence-electron chi connectivity index (χ1n) is 15.6. The number of hydrogen-bond donors (Lipinski definition) is 0. The van der Waals surface area contributed by atoms with E-state index in [2.05, 4.69) is 31.9 Å². The largest absolute Gasteiger partial charge is 0.871 e. The summed E-state index contributed by atoms with van der Waals surface area (Å²) in [4.78, 5) is 13.6. The standard InChI is InChI=1S/C42H28Br2O6/c1-47-35-9-5-3-7-31(35)39-23-25(21-37(49-39)27-11-15-29(43)16-12-27)19-33-41(45)34(42(33)46)20-26-22-38(28-13-17-30(44)18-14-28)50-40(24-26)32-8-4-6-10-36(32)48-2/h3-24H,1-2H3. The summed E-state index contributed by atoms with van der Waals surface area (Å²) < 4.78 is 25.8. The number of hydrogen-bond acceptors (Lipinski definition) is 5. The van der Waals surface area contributed by atoms with Gasteiger partial charge in [-0.3, -0.25) is 4.79 Å². The monoisotopic (exact) mass is 786 g/mol. The molecule has 5 aromatic rings. The molecule has 0 bridgehead atoms. The van der Waals surface area contributed by atoms with Crippen LogP contribution in [0.3, 0.4) is 0 Å². The first-order valence-corrected chi connectivity index (χ1v) is 17.2. The third-order valence-electron chi connectivity index (χ3n) is 8.23. The third kappa shape index (κ3) is 6.72. The van der Waals surface area contributed by atoms with E-state index < -0.39 is 0 Å². The third-order valence-corrected chi connectivity index (χ3v) is 9.29. The van der Waals surface area contributed by atoms with E-state index in [1.165, 1.54) is 0 Å². The van der Waals surface area contributed by atoms with Crippen LogP contribution in [-0.2, 0) is 9.53 Å². The van der Waals surface area contributed by atoms with Crippen LogP contribution in [0.4, 0.5) is 0 Å². The second kappa shape index (κ2) is 14.2. The Balaban J connectivity index is 1.30. The zero-order valence-electron chi connectivity index (χ0n) is 26.9. The zero-order valence-corrected chi connectivity index (χ0v) is 30.1. The molecule has 0 atom stereocenters. The number of rotatable bonds is 8. The Labute approximate surface area is 306 Å². The minimum atomic E-state index is -0.343. The van der Waals surface area contributed by atoms with E-state index in [0.717, 1.165) is 31.2 Å². The minimum Gasteiger partial charge on any atom is -0.871 e. The fraction of sp³-hybridized carbons (Fsp3) is 0.0476. The van der Waals surface area contributed by atoms with Crippen LogP contribution in [0.1, 0.15) is 16.7 Å². The smallest absolute Gasteiger partial charge is 0.365 e. The van der Waals surface area contributed by atoms with Crippen LogP contribution in [0.25, 0.3) is 40.2 Å². The van der Waals surface area contributed by atoms with Crippen molar-refractivity contribution >= 4 is 55.2 Å². The Morgan fingerprint density at radius 3 is 1.88 bits per heavy atom. The van der Waals surface area contributed by atoms with Crippen molar-refractivity contribution in [2.24, 2.45) is 0 Å². The van der Waals surface area contributed by atoms with Crippen molar-refractivity contribution in [2.45, 2.75) is 0 Å². The van der Waals surface area contributed by atoms with Crippen molar-refractivity contribution < 1.29 is 28.5 Å². The van der Waals surface area contributed by atoms with E-state index in [9.17, 15) is 9.90 Å². The summed E-state index contributed by atoms with van der Waals surface area (Å²) in [6.45, 7) is 0. The van der Waals surface area contributed by atoms with E-state index in [4.69, 9.17) is 18.6 Å². The summed E-state index contributed by atoms with van der Waals surface area (Å²) in [5.41, 5.74) is 4.60. The van der Waals surface area contributed by atoms with Gasteiger partial charge in [0.15, 0.2) is 5.78 Å². The molecule has 2 heterocycles. The molecule has 1 aromatic heterocycles. The van der Waals surface area contributed by atoms with E-state index >= 15 is 0 Å². The number of carbonyl (C=O) groups excluding carboxylic acids is 1. The number of ketones is 1. The Morgan fingerprint density at radius 1 is 0.680 bits per heavy atom. The summed E-state index contributed by atoms with van der Waals surface area (Å²) >= 11 is 6.97. The predicted molar refractivity (Wildman–Crippen MR) is 201 cm³/mol. The first-order chi connectivity index (χ1) is 24.3. The van der Waals surface area contributed by atoms with Crippen LogP contribution in [-0.4, -0.2) is 20.0 Å². The molecule has 0 amide bonds. The molecule has 0 N–H and O–H groups in total. The summed E-state index contributed by atoms with van der Waals surface area (Å²) in [7, 11) is 3.20. The Bertz CT molecular complexity index is 2290. The van der Waals surface area contributed by atoms with Crippen LogP contribution in [0.5, 0.6) is 11.5 Å². The maximum Gasteiger partial charge on any atom is 0.365 e. The molecule has 0 fully saturated rings. The average molecular weight is 788 g/mol. The number of benzene rings is 4. The molecule has 0 saturated carbocycles. The highest BCUT2D eigenvalue weighted by atomic mass is 79.9. The Kier molecular flexibility index (Phi) is 9.39. The fourth-order valence-corrected chi connectivity index (χ4v) is 6.24. The van der Waals surface area contributed by atoms with Gasteiger partial charge >= 0.3 is 11.5 Å². The molecule has 7 rings (SSSR count). The summed E-state index contributed by atoms with van der Waals surface area (Å²) in [6.07, 6.45) is 6.86. The molecule has 50 heavy (non-hydrogen) atoms. The molecule has 8 heteroatoms. The van der Waals surface area contributed by atoms with E-state index in [-0.39, 0.29) is 22.7 Å². The average Bonchev–Trinajstić information content (AvgIpc) is 3.16. The lowest BCUT2D eigenvalue weighted by atomic mass is 9.85. The predicted octanol–water partition coefficient (Wildman–Crippen LogP) is 10.1. The van der Waals surface area contributed by atoms with E-state index in [1.54, 1.807) is 38.5 Å². The molecule has 0 spiro atoms. The van der Waals surface area contributed by atoms with Crippen LogP contribution in [0, 0.1) is 0 Å². The van der Waals surface area contributed by atoms with Crippen LogP contribution in [0.15, 0.2) is 163 Å². The molecule has 246 valence electrons. The number of carbonyl (C=O) groups is 1. The maximum absolute atomic E-state index is 13.6. The molecular weight excluding hydrogens is 760 g/mol. The molecule has 6 nitrogen and oxygen atoms in total. The van der Waals surface area contributed by atoms with Gasteiger partial charge in [-0.1, -0.05) is 74.0 Å². The quantitative estimate of drug-likeness (QED) is 0.115. The molecule has 1 aliphatic heterocycles. The van der Waals surface area contributed by atoms with E-state index in [1.807, 2.05) is 109 Å². The lowest BCUT2D eigenvalue weighted by Crippen LogP contribution is -2.29. The topological polar surface area (TPSA) is 79.1 Å². The van der Waals surface area contributed by atoms with Gasteiger partial charge in [-0.05, 0) is 96.1 Å². The van der Waals surface area contributed by atoms with Gasteiger partial charge in [0.2, 0.25) is 0 Å². The fourth-order valence-electron chi connectivity index (χ4n) is 5.71. The van der Waals surface area contributed by atoms with Gasteiger partial charge in [-0.15, -0.1) is 0 Å². The van der Waals surface area contributed by atoms with Gasteiger partial charge in [-0.2, -0.15) is 0 Å². The van der Waals surface area contributed by atoms with Gasteiger partial charge in [0.1, 0.15) is 28.6 Å². The summed E-state index contributed by atoms with van der Waals surface area (Å²) in [5.74, 6) is 2.78. The first kappa shape index (κ1) is 33.1. The molecule has 0 radical (unpaired) electrons. The van der Waals surface area contributed by atoms with Crippen molar-refractivity contribution in [3.8, 4) is 34.1 Å². The normalized spacial score (nSPS) is 15.7. The molecule has 4 aromatic carbocycles. The van der Waals surface area contributed by atoms with Gasteiger partial charge in [-0.25, -0.2) is 4.42 Å². The lowest BCUT2D eigenvalue weighted by Gasteiger charge is -2.29. The number of halogens is 2. The highest BCUT2D eigenvalue weighted by Gasteiger charge is 2.28. The zero-order chi connectivity index (χ0) is 34.8. The molecule has 2 aliphatic rings. The van der Waals surface area contributed by atoms with Crippen molar-refractivity contribution in [3.05, 3.63) is 176 Å². The van der Waals surface area contributed by atoms with Crippen LogP contribution >= 0.6 is 31.9 Å². The highest BCUT2D eigenvalue weighted by molar-refractivity contribution is 9.10. The number of allylic oxidation sites excluding steroid dienone is 6. The van der Waals surface area contributed by atoms with Gasteiger partial charge in [0.05, 0.1) is 37.5 Å². The molecular formula is C42H28Br2O6. The molecule has 0 unspecified atom stereocenters. The lowest BCUT2D eigenvalue weighted by molar-refractivity contribution is -0.300. The van der Waals surface area contributed by atoms with Gasteiger partial charge in [0.25, 0.3) is 0 Å². The van der Waals surface area contributed by atoms with Crippen molar-refractivity contribution in [1.82, 2.24) is 0 Å². The maximum atomic E-state index is 13.6. The SMILES string of the molecule is COc1ccccc1C1=CC(=CC2=C([O-])C(=Cc3cc(-c4ccc(Br)cc4)[o+]c(-c4ccccc4OC)c3)C2=O)C=C(c2ccc(Br)cc2)O1. The number of ether oxygens (including phenoxy) is 3. The van der Waals surface area contributed by atoms with Crippen molar-refractivity contribution in [1.29, 1.82) is 0 Å².